The fourth-order valence-corrected chi connectivity index (χ4v) is 3.84. The smallest absolute Gasteiger partial charge is 0.113 e. The van der Waals surface area contributed by atoms with Gasteiger partial charge in [-0.15, -0.1) is 0 Å². The van der Waals surface area contributed by atoms with Crippen molar-refractivity contribution in [2.75, 3.05) is 11.4 Å². The number of para-hydroxylation sites is 1. The van der Waals surface area contributed by atoms with Gasteiger partial charge in [0, 0.05) is 24.3 Å². The summed E-state index contributed by atoms with van der Waals surface area (Å²) >= 11 is 0. The molecule has 1 aromatic heterocycles. The van der Waals surface area contributed by atoms with Gasteiger partial charge >= 0.3 is 0 Å². The maximum Gasteiger partial charge on any atom is 0.113 e. The van der Waals surface area contributed by atoms with Crippen LogP contribution in [0.2, 0.25) is 0 Å². The molecule has 1 aliphatic rings. The van der Waals surface area contributed by atoms with Crippen LogP contribution in [0.4, 0.5) is 5.69 Å². The Morgan fingerprint density at radius 1 is 0.769 bits per heavy atom. The third-order valence-corrected chi connectivity index (χ3v) is 5.11. The van der Waals surface area contributed by atoms with E-state index in [1.165, 1.54) is 16.8 Å². The molecular weight excluding hydrogens is 320 g/mol. The number of hydrogen-bond acceptors (Lipinski definition) is 3. The summed E-state index contributed by atoms with van der Waals surface area (Å²) in [5.41, 5.74) is 5.83. The highest BCUT2D eigenvalue weighted by Gasteiger charge is 2.27. The molecule has 1 atom stereocenters. The second kappa shape index (κ2) is 6.30. The Morgan fingerprint density at radius 2 is 1.42 bits per heavy atom. The SMILES string of the molecule is c1ccc(CN2CCC(n3nc4ccccc4n3)c3ccccc32)cc1. The molecule has 2 heterocycles. The first-order chi connectivity index (χ1) is 12.9. The molecule has 0 bridgehead atoms. The van der Waals surface area contributed by atoms with E-state index >= 15 is 0 Å². The Bertz CT molecular complexity index is 1010. The van der Waals surface area contributed by atoms with Crippen LogP contribution in [0.15, 0.2) is 78.9 Å². The van der Waals surface area contributed by atoms with E-state index in [4.69, 9.17) is 10.2 Å². The summed E-state index contributed by atoms with van der Waals surface area (Å²) in [5.74, 6) is 0. The standard InChI is InChI=1S/C22H20N4/c1-2-8-17(9-3-1)16-25-15-14-22(18-10-4-7-13-21(18)25)26-23-19-11-5-6-12-20(19)24-26/h1-13,22H,14-16H2. The Labute approximate surface area is 152 Å². The third-order valence-electron chi connectivity index (χ3n) is 5.11. The van der Waals surface area contributed by atoms with Gasteiger partial charge in [0.2, 0.25) is 0 Å². The van der Waals surface area contributed by atoms with Gasteiger partial charge in [0.25, 0.3) is 0 Å². The second-order valence-corrected chi connectivity index (χ2v) is 6.78. The molecule has 1 unspecified atom stereocenters. The lowest BCUT2D eigenvalue weighted by Gasteiger charge is -2.35. The highest BCUT2D eigenvalue weighted by atomic mass is 15.5. The van der Waals surface area contributed by atoms with Gasteiger partial charge in [-0.1, -0.05) is 60.7 Å². The normalized spacial score (nSPS) is 16.6. The van der Waals surface area contributed by atoms with Crippen molar-refractivity contribution in [3.05, 3.63) is 90.0 Å². The highest BCUT2D eigenvalue weighted by molar-refractivity contribution is 5.73. The van der Waals surface area contributed by atoms with E-state index in [-0.39, 0.29) is 6.04 Å². The summed E-state index contributed by atoms with van der Waals surface area (Å²) in [7, 11) is 0. The minimum atomic E-state index is 0.186. The molecule has 0 saturated carbocycles. The fourth-order valence-electron chi connectivity index (χ4n) is 3.84. The summed E-state index contributed by atoms with van der Waals surface area (Å²) in [5, 5.41) is 9.46. The Kier molecular flexibility index (Phi) is 3.67. The van der Waals surface area contributed by atoms with Crippen molar-refractivity contribution in [2.45, 2.75) is 19.0 Å². The van der Waals surface area contributed by atoms with Crippen LogP contribution in [0, 0.1) is 0 Å². The number of anilines is 1. The van der Waals surface area contributed by atoms with Gasteiger partial charge in [0.15, 0.2) is 0 Å². The first kappa shape index (κ1) is 15.1. The van der Waals surface area contributed by atoms with Crippen LogP contribution in [-0.2, 0) is 6.54 Å². The van der Waals surface area contributed by atoms with E-state index in [1.54, 1.807) is 0 Å². The van der Waals surface area contributed by atoms with Crippen molar-refractivity contribution in [1.29, 1.82) is 0 Å². The van der Waals surface area contributed by atoms with Crippen molar-refractivity contribution in [3.63, 3.8) is 0 Å². The van der Waals surface area contributed by atoms with Crippen LogP contribution in [0.5, 0.6) is 0 Å². The zero-order chi connectivity index (χ0) is 17.3. The topological polar surface area (TPSA) is 34.0 Å². The first-order valence-electron chi connectivity index (χ1n) is 9.08. The first-order valence-corrected chi connectivity index (χ1v) is 9.08. The number of rotatable bonds is 3. The monoisotopic (exact) mass is 340 g/mol. The minimum Gasteiger partial charge on any atom is -0.367 e. The van der Waals surface area contributed by atoms with Crippen LogP contribution < -0.4 is 4.90 Å². The predicted molar refractivity (Wildman–Crippen MR) is 104 cm³/mol. The second-order valence-electron chi connectivity index (χ2n) is 6.78. The third kappa shape index (κ3) is 2.64. The van der Waals surface area contributed by atoms with Crippen LogP contribution in [0.3, 0.4) is 0 Å². The molecule has 4 aromatic rings. The van der Waals surface area contributed by atoms with E-state index in [1.807, 2.05) is 29.1 Å². The van der Waals surface area contributed by atoms with Gasteiger partial charge < -0.3 is 4.90 Å². The van der Waals surface area contributed by atoms with Crippen LogP contribution in [0.1, 0.15) is 23.6 Å². The van der Waals surface area contributed by atoms with Gasteiger partial charge in [0.05, 0.1) is 0 Å². The Hall–Kier alpha value is -3.14. The predicted octanol–water partition coefficient (Wildman–Crippen LogP) is 4.43. The molecule has 0 N–H and O–H groups in total. The number of nitrogens with zero attached hydrogens (tertiary/aromatic N) is 4. The molecule has 0 saturated heterocycles. The van der Waals surface area contributed by atoms with Crippen LogP contribution >= 0.6 is 0 Å². The molecule has 5 rings (SSSR count). The van der Waals surface area contributed by atoms with E-state index in [2.05, 4.69) is 59.5 Å². The highest BCUT2D eigenvalue weighted by Crippen LogP contribution is 2.36. The molecule has 0 amide bonds. The molecule has 0 fully saturated rings. The maximum atomic E-state index is 4.73. The fraction of sp³-hybridized carbons (Fsp3) is 0.182. The summed E-state index contributed by atoms with van der Waals surface area (Å²) in [6.45, 7) is 1.92. The van der Waals surface area contributed by atoms with Gasteiger partial charge in [-0.05, 0) is 30.2 Å². The lowest BCUT2D eigenvalue weighted by atomic mass is 9.96. The molecule has 26 heavy (non-hydrogen) atoms. The van der Waals surface area contributed by atoms with Crippen molar-refractivity contribution in [2.24, 2.45) is 0 Å². The summed E-state index contributed by atoms with van der Waals surface area (Å²) < 4.78 is 0. The average molecular weight is 340 g/mol. The van der Waals surface area contributed by atoms with Crippen molar-refractivity contribution in [3.8, 4) is 0 Å². The van der Waals surface area contributed by atoms with E-state index in [0.29, 0.717) is 0 Å². The average Bonchev–Trinajstić information content (AvgIpc) is 3.13. The van der Waals surface area contributed by atoms with Crippen molar-refractivity contribution < 1.29 is 0 Å². The summed E-state index contributed by atoms with van der Waals surface area (Å²) in [4.78, 5) is 4.37. The van der Waals surface area contributed by atoms with Gasteiger partial charge in [0.1, 0.15) is 17.1 Å². The summed E-state index contributed by atoms with van der Waals surface area (Å²) in [6, 6.07) is 27.6. The molecule has 4 heteroatoms. The van der Waals surface area contributed by atoms with Gasteiger partial charge in [-0.25, -0.2) is 0 Å². The Morgan fingerprint density at radius 3 is 2.19 bits per heavy atom. The van der Waals surface area contributed by atoms with Crippen LogP contribution in [-0.4, -0.2) is 21.5 Å². The number of fused-ring (bicyclic) bond motifs is 2. The molecule has 1 aliphatic heterocycles. The van der Waals surface area contributed by atoms with E-state index < -0.39 is 0 Å². The molecule has 0 spiro atoms. The Balaban J connectivity index is 1.51. The lowest BCUT2D eigenvalue weighted by molar-refractivity contribution is 0.425. The quantitative estimate of drug-likeness (QED) is 0.553. The molecular formula is C22H20N4. The number of aromatic nitrogens is 3. The largest absolute Gasteiger partial charge is 0.367 e. The summed E-state index contributed by atoms with van der Waals surface area (Å²) in [6.07, 6.45) is 1.00. The number of benzene rings is 3. The minimum absolute atomic E-state index is 0.186. The molecule has 128 valence electrons. The molecule has 0 radical (unpaired) electrons. The van der Waals surface area contributed by atoms with Crippen molar-refractivity contribution >= 4 is 16.7 Å². The molecule has 0 aliphatic carbocycles. The zero-order valence-corrected chi connectivity index (χ0v) is 14.5. The molecule has 3 aromatic carbocycles. The van der Waals surface area contributed by atoms with Gasteiger partial charge in [-0.2, -0.15) is 15.0 Å². The van der Waals surface area contributed by atoms with E-state index in [0.717, 1.165) is 30.5 Å². The molecule has 4 nitrogen and oxygen atoms in total. The number of hydrogen-bond donors (Lipinski definition) is 0. The maximum absolute atomic E-state index is 4.73. The van der Waals surface area contributed by atoms with E-state index in [9.17, 15) is 0 Å². The lowest BCUT2D eigenvalue weighted by Crippen LogP contribution is -2.33. The zero-order valence-electron chi connectivity index (χ0n) is 14.5. The van der Waals surface area contributed by atoms with Gasteiger partial charge in [-0.3, -0.25) is 0 Å². The van der Waals surface area contributed by atoms with Crippen molar-refractivity contribution in [1.82, 2.24) is 15.0 Å². The van der Waals surface area contributed by atoms with Crippen LogP contribution in [0.25, 0.3) is 11.0 Å².